The smallest absolute Gasteiger partial charge is 0.266 e. The van der Waals surface area contributed by atoms with Crippen molar-refractivity contribution in [1.29, 1.82) is 0 Å². The molecule has 134 heavy (non-hydrogen) atoms. The van der Waals surface area contributed by atoms with Crippen molar-refractivity contribution in [2.24, 2.45) is 0 Å². The Morgan fingerprint density at radius 3 is 0.896 bits per heavy atom. The Morgan fingerprint density at radius 2 is 0.604 bits per heavy atom. The molecule has 16 heterocycles. The lowest BCUT2D eigenvalue weighted by Gasteiger charge is -2.28. The van der Waals surface area contributed by atoms with Gasteiger partial charge in [0.2, 0.25) is 0 Å². The van der Waals surface area contributed by atoms with E-state index < -0.39 is 6.17 Å². The summed E-state index contributed by atoms with van der Waals surface area (Å²) >= 11 is 0. The summed E-state index contributed by atoms with van der Waals surface area (Å²) in [6, 6.07) is 17.0. The van der Waals surface area contributed by atoms with Gasteiger partial charge in [-0.25, -0.2) is 64.2 Å². The van der Waals surface area contributed by atoms with Crippen LogP contribution in [0.3, 0.4) is 0 Å². The van der Waals surface area contributed by atoms with Crippen molar-refractivity contribution >= 4 is 131 Å². The van der Waals surface area contributed by atoms with Crippen molar-refractivity contribution in [2.75, 3.05) is 146 Å². The van der Waals surface area contributed by atoms with Crippen LogP contribution < -0.4 is 84.4 Å². The fourth-order valence-electron chi connectivity index (χ4n) is 19.7. The molecule has 0 bridgehead atoms. The molecule has 4 saturated heterocycles. The lowest BCUT2D eigenvalue weighted by molar-refractivity contribution is 0.100. The van der Waals surface area contributed by atoms with Crippen LogP contribution in [0.1, 0.15) is 194 Å². The molecule has 696 valence electrons. The predicted molar refractivity (Wildman–Crippen MR) is 523 cm³/mol. The van der Waals surface area contributed by atoms with Crippen LogP contribution in [0, 0.1) is 27.7 Å². The van der Waals surface area contributed by atoms with Crippen LogP contribution in [-0.4, -0.2) is 200 Å². The number of rotatable bonds is 20. The molecule has 3 aliphatic carbocycles. The average Bonchev–Trinajstić information content (AvgIpc) is 1.07. The van der Waals surface area contributed by atoms with E-state index in [1.807, 2.05) is 78.4 Å². The Hall–Kier alpha value is -13.8. The number of alkyl halides is 1. The molecule has 36 heteroatoms. The first kappa shape index (κ1) is 92.0. The zero-order valence-electron chi connectivity index (χ0n) is 77.1. The molecule has 35 nitrogen and oxygen atoms in total. The molecule has 7 aliphatic rings. The highest BCUT2D eigenvalue weighted by Crippen LogP contribution is 2.39. The van der Waals surface area contributed by atoms with E-state index in [0.717, 1.165) is 243 Å². The summed E-state index contributed by atoms with van der Waals surface area (Å²) in [5, 5.41) is 29.4. The molecule has 1 unspecified atom stereocenters. The van der Waals surface area contributed by atoms with Crippen molar-refractivity contribution in [3.05, 3.63) is 215 Å². The number of piperazine rings is 4. The third-order valence-electron chi connectivity index (χ3n) is 26.6. The second-order valence-electron chi connectivity index (χ2n) is 35.3. The van der Waals surface area contributed by atoms with E-state index in [1.54, 1.807) is 96.5 Å². The van der Waals surface area contributed by atoms with E-state index in [1.165, 1.54) is 34.1 Å². The molecule has 20 rings (SSSR count). The van der Waals surface area contributed by atoms with Crippen LogP contribution >= 0.6 is 0 Å². The molecule has 0 radical (unpaired) electrons. The lowest BCUT2D eigenvalue weighted by atomic mass is 9.93. The van der Waals surface area contributed by atoms with Crippen molar-refractivity contribution in [3.8, 4) is 5.69 Å². The minimum absolute atomic E-state index is 0.0893. The highest BCUT2D eigenvalue weighted by molar-refractivity contribution is 6.03. The molecule has 7 fully saturated rings. The molecule has 0 spiro atoms. The summed E-state index contributed by atoms with van der Waals surface area (Å²) in [4.78, 5) is 154. The standard InChI is InChI=1S/C25H31N7O2.C25H25N7O2.C24H30FN7O.C24H29N7O2/c2*1-16-19-13-27-21(30-22-14-29-23(15-28-22)31-10-8-26-9-11-31)12-20(19)32(18-6-4-3-5-7-18)25(34)24(16)17(2)33;1-15-18-12-27-20(30-21-13-29-22(14-28-21)31-9-7-26-8-10-31)11-19(18)32(17-5-3-4-6-17)24(33)23(15)16(2)25;1-15-18-12-26-20(29-21-13-28-22(14-27-21)30-9-7-25-8-10-30)11-19(18)31(17-5-3-4-6-17)24(33)23(15)16(2)32/h12-15,18,26H,3-11H2,1-2H3,(H,27,28,30);3-7,12-15,26H,8-11H2,1-2H3,(H,27,28,30);11-14,16-17,26H,3-10H2,1-2H3,(H,27,28,30);11-14,17,25H,3-10H2,1-2H3,(H,26,27,29). The number of aromatic nitrogens is 16. The summed E-state index contributed by atoms with van der Waals surface area (Å²) in [5.74, 6) is 7.35. The van der Waals surface area contributed by atoms with Crippen molar-refractivity contribution in [3.63, 3.8) is 0 Å². The first-order chi connectivity index (χ1) is 65.1. The van der Waals surface area contributed by atoms with Crippen molar-refractivity contribution in [1.82, 2.24) is 99.3 Å². The number of Topliss-reactive ketones (excluding diaryl/α,β-unsaturated/α-hetero) is 3. The highest BCUT2D eigenvalue weighted by Gasteiger charge is 2.31. The maximum atomic E-state index is 14.4. The van der Waals surface area contributed by atoms with Gasteiger partial charge in [0.15, 0.2) is 17.3 Å². The van der Waals surface area contributed by atoms with Gasteiger partial charge in [-0.2, -0.15) is 0 Å². The van der Waals surface area contributed by atoms with Gasteiger partial charge < -0.3 is 75.8 Å². The Labute approximate surface area is 774 Å². The monoisotopic (exact) mass is 1810 g/mol. The number of ketones is 3. The summed E-state index contributed by atoms with van der Waals surface area (Å²) in [6.07, 6.45) is 32.8. The lowest BCUT2D eigenvalue weighted by Crippen LogP contribution is -2.43. The number of carbonyl (C=O) groups excluding carboxylic acids is 3. The molecule has 0 amide bonds. The predicted octanol–water partition coefficient (Wildman–Crippen LogP) is 13.0. The van der Waals surface area contributed by atoms with Crippen molar-refractivity contribution in [2.45, 2.75) is 163 Å². The van der Waals surface area contributed by atoms with Crippen LogP contribution in [0.2, 0.25) is 0 Å². The zero-order valence-corrected chi connectivity index (χ0v) is 77.1. The number of nitrogens with zero attached hydrogens (tertiary/aromatic N) is 20. The number of benzene rings is 1. The fourth-order valence-corrected chi connectivity index (χ4v) is 19.7. The Morgan fingerprint density at radius 1 is 0.336 bits per heavy atom. The maximum absolute atomic E-state index is 14.4. The topological polar surface area (TPSA) is 403 Å². The van der Waals surface area contributed by atoms with E-state index in [2.05, 4.69) is 122 Å². The minimum atomic E-state index is -1.32. The molecule has 12 aromatic heterocycles. The van der Waals surface area contributed by atoms with Gasteiger partial charge >= 0.3 is 0 Å². The van der Waals surface area contributed by atoms with E-state index in [4.69, 9.17) is 0 Å². The van der Waals surface area contributed by atoms with Crippen LogP contribution in [0.25, 0.3) is 49.3 Å². The van der Waals surface area contributed by atoms with Gasteiger partial charge in [-0.3, -0.25) is 38.1 Å². The normalized spacial score (nSPS) is 16.5. The van der Waals surface area contributed by atoms with E-state index in [0.29, 0.717) is 80.0 Å². The molecular formula is C98H115FN28O7. The number of hydrogen-bond donors (Lipinski definition) is 8. The number of para-hydroxylation sites is 1. The van der Waals surface area contributed by atoms with E-state index in [9.17, 15) is 38.0 Å². The number of anilines is 12. The molecule has 3 saturated carbocycles. The second-order valence-corrected chi connectivity index (χ2v) is 35.3. The Kier molecular flexibility index (Phi) is 28.5. The molecule has 4 aliphatic heterocycles. The number of aryl methyl sites for hydroxylation is 4. The summed E-state index contributed by atoms with van der Waals surface area (Å²) in [6.45, 7) is 27.8. The second kappa shape index (κ2) is 41.5. The molecule has 1 atom stereocenters. The molecule has 8 N–H and O–H groups in total. The minimum Gasteiger partial charge on any atom is -0.353 e. The van der Waals surface area contributed by atoms with Gasteiger partial charge in [-0.1, -0.05) is 63.1 Å². The molecular weight excluding hydrogens is 1700 g/mol. The van der Waals surface area contributed by atoms with Gasteiger partial charge in [0.25, 0.3) is 22.2 Å². The Balaban J connectivity index is 0.000000124. The largest absolute Gasteiger partial charge is 0.353 e. The Bertz CT molecular complexity index is 6720. The summed E-state index contributed by atoms with van der Waals surface area (Å²) < 4.78 is 21.4. The third-order valence-corrected chi connectivity index (χ3v) is 26.6. The molecule has 13 aromatic rings. The van der Waals surface area contributed by atoms with Crippen LogP contribution in [0.5, 0.6) is 0 Å². The summed E-state index contributed by atoms with van der Waals surface area (Å²) in [7, 11) is 0. The number of nitrogens with one attached hydrogen (secondary N) is 8. The SMILES string of the molecule is CC(=O)c1c(C)c2cnc(Nc3cnc(N4CCNCC4)cn3)cc2n(-c2ccccc2)c1=O.CC(=O)c1c(C)c2cnc(Nc3cnc(N4CCNCC4)cn3)cc2n(C2CCCC2)c1=O.CC(=O)c1c(C)c2cnc(Nc3cnc(N4CCNCC4)cn3)cc2n(C2CCCCC2)c1=O.Cc1c(C(C)F)c(=O)n(C2CCCC2)c2cc(Nc3cnc(N4CCNCC4)cn3)ncc12. The van der Waals surface area contributed by atoms with Crippen LogP contribution in [0.4, 0.5) is 74.2 Å². The quantitative estimate of drug-likeness (QED) is 0.0329. The maximum Gasteiger partial charge on any atom is 0.266 e. The average molecular weight is 1820 g/mol. The van der Waals surface area contributed by atoms with E-state index in [-0.39, 0.29) is 80.0 Å². The zero-order chi connectivity index (χ0) is 93.2. The number of pyridine rings is 8. The van der Waals surface area contributed by atoms with Gasteiger partial charge in [-0.15, -0.1) is 0 Å². The van der Waals surface area contributed by atoms with Gasteiger partial charge in [0, 0.05) is 199 Å². The number of carbonyl (C=O) groups is 3. The fraction of sp³-hybridized carbons (Fsp3) is 0.418. The van der Waals surface area contributed by atoms with Crippen LogP contribution in [0.15, 0.2) is 148 Å². The molecule has 1 aromatic carbocycles. The third kappa shape index (κ3) is 20.1. The number of halogens is 1. The van der Waals surface area contributed by atoms with Crippen molar-refractivity contribution < 1.29 is 18.8 Å². The number of hydrogen-bond acceptors (Lipinski definition) is 31. The van der Waals surface area contributed by atoms with Gasteiger partial charge in [-0.05, 0) is 128 Å². The van der Waals surface area contributed by atoms with Gasteiger partial charge in [0.05, 0.1) is 93.9 Å². The summed E-state index contributed by atoms with van der Waals surface area (Å²) in [5.41, 5.74) is 6.40. The first-order valence-corrected chi connectivity index (χ1v) is 46.7. The first-order valence-electron chi connectivity index (χ1n) is 46.7. The van der Waals surface area contributed by atoms with Gasteiger partial charge in [0.1, 0.15) is 76.0 Å². The number of fused-ring (bicyclic) bond motifs is 4. The van der Waals surface area contributed by atoms with E-state index >= 15 is 0 Å². The highest BCUT2D eigenvalue weighted by atomic mass is 19.1. The van der Waals surface area contributed by atoms with Crippen LogP contribution in [-0.2, 0) is 0 Å².